The zero-order chi connectivity index (χ0) is 45.1. The first kappa shape index (κ1) is 60.6. The van der Waals surface area contributed by atoms with Gasteiger partial charge >= 0.3 is 0 Å². The molecule has 5 heteroatoms. The van der Waals surface area contributed by atoms with Gasteiger partial charge in [0.15, 0.2) is 0 Å². The van der Waals surface area contributed by atoms with E-state index in [1.165, 1.54) is 225 Å². The minimum Gasteiger partial charge on any atom is -0.394 e. The molecule has 3 atom stereocenters. The summed E-state index contributed by atoms with van der Waals surface area (Å²) in [6.07, 6.45) is 67.3. The van der Waals surface area contributed by atoms with E-state index < -0.39 is 18.2 Å². The third kappa shape index (κ3) is 46.6. The number of nitrogens with one attached hydrogen (secondary N) is 1. The number of carbonyl (C=O) groups is 1. The topological polar surface area (TPSA) is 89.8 Å². The SMILES string of the molecule is CCCCCCCCC/C=C/CC/C=C/CCCC(O)C(O)C(CO)NC(=O)CCCCCCCCCCCCCCCCCC/C=C\CCCCCCCCCCCCCC. The summed E-state index contributed by atoms with van der Waals surface area (Å²) in [7, 11) is 0. The molecule has 0 spiro atoms. The molecule has 0 rings (SSSR count). The van der Waals surface area contributed by atoms with Crippen LogP contribution < -0.4 is 5.32 Å². The van der Waals surface area contributed by atoms with Crippen LogP contribution in [0.4, 0.5) is 0 Å². The van der Waals surface area contributed by atoms with Crippen LogP contribution in [0.5, 0.6) is 0 Å². The molecule has 62 heavy (non-hydrogen) atoms. The maximum atomic E-state index is 12.5. The molecule has 0 aromatic heterocycles. The van der Waals surface area contributed by atoms with Crippen LogP contribution in [0.2, 0.25) is 0 Å². The maximum Gasteiger partial charge on any atom is 0.220 e. The molecule has 0 radical (unpaired) electrons. The predicted octanol–water partition coefficient (Wildman–Crippen LogP) is 17.1. The van der Waals surface area contributed by atoms with E-state index in [0.29, 0.717) is 12.8 Å². The van der Waals surface area contributed by atoms with Gasteiger partial charge in [0.05, 0.1) is 18.8 Å². The number of amides is 1. The van der Waals surface area contributed by atoms with Crippen LogP contribution >= 0.6 is 0 Å². The molecule has 0 heterocycles. The van der Waals surface area contributed by atoms with Crippen LogP contribution in [-0.2, 0) is 4.79 Å². The van der Waals surface area contributed by atoms with Gasteiger partial charge in [-0.05, 0) is 77.0 Å². The summed E-state index contributed by atoms with van der Waals surface area (Å²) in [5.74, 6) is -0.155. The highest BCUT2D eigenvalue weighted by Gasteiger charge is 2.26. The highest BCUT2D eigenvalue weighted by Crippen LogP contribution is 2.17. The van der Waals surface area contributed by atoms with Gasteiger partial charge in [-0.1, -0.05) is 249 Å². The highest BCUT2D eigenvalue weighted by molar-refractivity contribution is 5.76. The van der Waals surface area contributed by atoms with Gasteiger partial charge < -0.3 is 20.6 Å². The molecule has 0 saturated heterocycles. The van der Waals surface area contributed by atoms with Crippen molar-refractivity contribution < 1.29 is 20.1 Å². The second-order valence-electron chi connectivity index (χ2n) is 19.1. The Hall–Kier alpha value is -1.43. The summed E-state index contributed by atoms with van der Waals surface area (Å²) in [5, 5.41) is 33.6. The van der Waals surface area contributed by atoms with E-state index >= 15 is 0 Å². The Morgan fingerprint density at radius 1 is 0.387 bits per heavy atom. The van der Waals surface area contributed by atoms with E-state index in [-0.39, 0.29) is 12.5 Å². The number of aliphatic hydroxyl groups is 3. The molecular formula is C57H109NO4. The van der Waals surface area contributed by atoms with E-state index in [1.54, 1.807) is 0 Å². The molecule has 5 nitrogen and oxygen atoms in total. The number of hydrogen-bond acceptors (Lipinski definition) is 4. The second kappa shape index (κ2) is 52.2. The van der Waals surface area contributed by atoms with Crippen molar-refractivity contribution in [3.05, 3.63) is 36.5 Å². The van der Waals surface area contributed by atoms with Gasteiger partial charge in [-0.25, -0.2) is 0 Å². The minimum atomic E-state index is -1.17. The third-order valence-electron chi connectivity index (χ3n) is 12.9. The summed E-state index contributed by atoms with van der Waals surface area (Å²) in [5.41, 5.74) is 0. The lowest BCUT2D eigenvalue weighted by Crippen LogP contribution is -2.50. The van der Waals surface area contributed by atoms with Gasteiger partial charge in [-0.15, -0.1) is 0 Å². The zero-order valence-electron chi connectivity index (χ0n) is 41.8. The molecule has 0 fully saturated rings. The molecule has 3 unspecified atom stereocenters. The first-order valence-corrected chi connectivity index (χ1v) is 27.8. The maximum absolute atomic E-state index is 12.5. The Morgan fingerprint density at radius 3 is 0.984 bits per heavy atom. The van der Waals surface area contributed by atoms with Crippen molar-refractivity contribution in [2.75, 3.05) is 6.61 Å². The standard InChI is InChI=1S/C57H109NO4/c1-3-5-7-9-11-13-15-17-19-21-22-23-24-25-26-27-28-29-30-31-32-33-34-35-36-38-40-42-44-46-48-50-52-56(61)58-54(53-59)57(62)55(60)51-49-47-45-43-41-39-37-20-18-16-14-12-10-8-6-4-2/h20,25-26,37,43,45,54-55,57,59-60,62H,3-19,21-24,27-36,38-42,44,46-53H2,1-2H3,(H,58,61)/b26-25-,37-20+,45-43+. The Morgan fingerprint density at radius 2 is 0.661 bits per heavy atom. The Labute approximate surface area is 387 Å². The summed E-state index contributed by atoms with van der Waals surface area (Å²) in [6, 6.07) is -0.831. The molecule has 0 saturated carbocycles. The molecule has 1 amide bonds. The predicted molar refractivity (Wildman–Crippen MR) is 273 cm³/mol. The van der Waals surface area contributed by atoms with Crippen molar-refractivity contribution in [2.45, 2.75) is 315 Å². The van der Waals surface area contributed by atoms with Gasteiger partial charge in [-0.2, -0.15) is 0 Å². The van der Waals surface area contributed by atoms with Gasteiger partial charge in [0.25, 0.3) is 0 Å². The van der Waals surface area contributed by atoms with Crippen molar-refractivity contribution in [1.82, 2.24) is 5.32 Å². The summed E-state index contributed by atoms with van der Waals surface area (Å²) in [6.45, 7) is 4.18. The van der Waals surface area contributed by atoms with Crippen LogP contribution in [0, 0.1) is 0 Å². The average molecular weight is 873 g/mol. The van der Waals surface area contributed by atoms with Crippen LogP contribution in [0.25, 0.3) is 0 Å². The molecular weight excluding hydrogens is 763 g/mol. The quantitative estimate of drug-likeness (QED) is 0.0362. The molecule has 0 bridgehead atoms. The van der Waals surface area contributed by atoms with Gasteiger partial charge in [0.2, 0.25) is 5.91 Å². The van der Waals surface area contributed by atoms with Crippen molar-refractivity contribution in [3.8, 4) is 0 Å². The molecule has 0 aliphatic carbocycles. The number of unbranched alkanes of at least 4 members (excludes halogenated alkanes) is 37. The Balaban J connectivity index is 3.53. The largest absolute Gasteiger partial charge is 0.394 e. The van der Waals surface area contributed by atoms with E-state index in [9.17, 15) is 20.1 Å². The Kier molecular flexibility index (Phi) is 51.0. The van der Waals surface area contributed by atoms with Crippen molar-refractivity contribution >= 4 is 5.91 Å². The van der Waals surface area contributed by atoms with Gasteiger partial charge in [0.1, 0.15) is 6.10 Å². The van der Waals surface area contributed by atoms with Crippen LogP contribution in [0.3, 0.4) is 0 Å². The lowest BCUT2D eigenvalue weighted by Gasteiger charge is -2.26. The fourth-order valence-electron chi connectivity index (χ4n) is 8.65. The molecule has 366 valence electrons. The summed E-state index contributed by atoms with van der Waals surface area (Å²) in [4.78, 5) is 12.5. The van der Waals surface area contributed by atoms with Crippen LogP contribution in [-0.4, -0.2) is 46.1 Å². The fraction of sp³-hybridized carbons (Fsp3) is 0.877. The van der Waals surface area contributed by atoms with Gasteiger partial charge in [0, 0.05) is 6.42 Å². The monoisotopic (exact) mass is 872 g/mol. The lowest BCUT2D eigenvalue weighted by atomic mass is 10.0. The van der Waals surface area contributed by atoms with Crippen LogP contribution in [0.1, 0.15) is 296 Å². The minimum absolute atomic E-state index is 0.155. The number of rotatable bonds is 51. The van der Waals surface area contributed by atoms with E-state index in [4.69, 9.17) is 0 Å². The molecule has 0 aromatic rings. The molecule has 0 aliphatic heterocycles. The summed E-state index contributed by atoms with van der Waals surface area (Å²) < 4.78 is 0. The fourth-order valence-corrected chi connectivity index (χ4v) is 8.65. The number of allylic oxidation sites excluding steroid dienone is 6. The van der Waals surface area contributed by atoms with Gasteiger partial charge in [-0.3, -0.25) is 4.79 Å². The third-order valence-corrected chi connectivity index (χ3v) is 12.9. The highest BCUT2D eigenvalue weighted by atomic mass is 16.3. The average Bonchev–Trinajstić information content (AvgIpc) is 3.28. The number of aliphatic hydroxyl groups excluding tert-OH is 3. The molecule has 4 N–H and O–H groups in total. The first-order valence-electron chi connectivity index (χ1n) is 27.8. The first-order chi connectivity index (χ1) is 30.6. The smallest absolute Gasteiger partial charge is 0.220 e. The van der Waals surface area contributed by atoms with Crippen molar-refractivity contribution in [2.24, 2.45) is 0 Å². The summed E-state index contributed by atoms with van der Waals surface area (Å²) >= 11 is 0. The van der Waals surface area contributed by atoms with E-state index in [1.807, 2.05) is 0 Å². The van der Waals surface area contributed by atoms with Crippen LogP contribution in [0.15, 0.2) is 36.5 Å². The zero-order valence-corrected chi connectivity index (χ0v) is 41.8. The number of carbonyl (C=O) groups excluding carboxylic acids is 1. The second-order valence-corrected chi connectivity index (χ2v) is 19.1. The lowest BCUT2D eigenvalue weighted by molar-refractivity contribution is -0.124. The number of hydrogen-bond donors (Lipinski definition) is 4. The van der Waals surface area contributed by atoms with E-state index in [2.05, 4.69) is 55.6 Å². The molecule has 0 aliphatic rings. The van der Waals surface area contributed by atoms with Crippen molar-refractivity contribution in [3.63, 3.8) is 0 Å². The molecule has 0 aromatic carbocycles. The van der Waals surface area contributed by atoms with E-state index in [0.717, 1.165) is 44.9 Å². The van der Waals surface area contributed by atoms with Crippen molar-refractivity contribution in [1.29, 1.82) is 0 Å². The Bertz CT molecular complexity index is 962. The normalized spacial score (nSPS) is 13.6.